The van der Waals surface area contributed by atoms with E-state index in [9.17, 15) is 14.4 Å². The highest BCUT2D eigenvalue weighted by molar-refractivity contribution is 7.10. The van der Waals surface area contributed by atoms with Crippen LogP contribution >= 0.6 is 11.3 Å². The summed E-state index contributed by atoms with van der Waals surface area (Å²) in [5, 5.41) is 9.98. The van der Waals surface area contributed by atoms with Crippen molar-refractivity contribution in [3.8, 4) is 0 Å². The second-order valence-corrected chi connectivity index (χ2v) is 6.19. The first-order valence-electron chi connectivity index (χ1n) is 7.53. The van der Waals surface area contributed by atoms with E-state index < -0.39 is 6.09 Å². The van der Waals surface area contributed by atoms with Gasteiger partial charge in [-0.25, -0.2) is 4.79 Å². The SMILES string of the molecule is COC(=O)Nc1ccc(NC(=O)CC(NC(C)=O)c2cccs2)cc1. The van der Waals surface area contributed by atoms with Gasteiger partial charge in [-0.15, -0.1) is 11.3 Å². The van der Waals surface area contributed by atoms with E-state index in [1.165, 1.54) is 25.4 Å². The van der Waals surface area contributed by atoms with Crippen molar-refractivity contribution >= 4 is 40.6 Å². The molecule has 132 valence electrons. The Morgan fingerprint density at radius 3 is 2.24 bits per heavy atom. The van der Waals surface area contributed by atoms with Crippen molar-refractivity contribution in [3.05, 3.63) is 46.7 Å². The number of carbonyl (C=O) groups is 3. The Kier molecular flexibility index (Phi) is 6.53. The minimum Gasteiger partial charge on any atom is -0.453 e. The van der Waals surface area contributed by atoms with Crippen molar-refractivity contribution in [3.63, 3.8) is 0 Å². The fourth-order valence-electron chi connectivity index (χ4n) is 2.16. The number of ether oxygens (including phenoxy) is 1. The highest BCUT2D eigenvalue weighted by atomic mass is 32.1. The van der Waals surface area contributed by atoms with Crippen LogP contribution in [0.2, 0.25) is 0 Å². The minimum absolute atomic E-state index is 0.127. The summed E-state index contributed by atoms with van der Waals surface area (Å²) >= 11 is 1.48. The van der Waals surface area contributed by atoms with Gasteiger partial charge in [-0.3, -0.25) is 14.9 Å². The molecule has 1 unspecified atom stereocenters. The Hall–Kier alpha value is -2.87. The van der Waals surface area contributed by atoms with E-state index >= 15 is 0 Å². The lowest BCUT2D eigenvalue weighted by molar-refractivity contribution is -0.120. The number of benzene rings is 1. The van der Waals surface area contributed by atoms with Gasteiger partial charge in [0, 0.05) is 23.2 Å². The van der Waals surface area contributed by atoms with Gasteiger partial charge in [-0.2, -0.15) is 0 Å². The Bertz CT molecular complexity index is 729. The van der Waals surface area contributed by atoms with Crippen LogP contribution in [0.4, 0.5) is 16.2 Å². The lowest BCUT2D eigenvalue weighted by Gasteiger charge is -2.16. The number of thiophene rings is 1. The number of rotatable bonds is 6. The number of anilines is 2. The van der Waals surface area contributed by atoms with Crippen LogP contribution < -0.4 is 16.0 Å². The molecule has 1 aromatic heterocycles. The maximum Gasteiger partial charge on any atom is 0.411 e. The number of hydrogen-bond acceptors (Lipinski definition) is 5. The zero-order valence-electron chi connectivity index (χ0n) is 13.9. The highest BCUT2D eigenvalue weighted by Gasteiger charge is 2.18. The molecule has 0 spiro atoms. The second-order valence-electron chi connectivity index (χ2n) is 5.21. The van der Waals surface area contributed by atoms with E-state index in [4.69, 9.17) is 0 Å². The monoisotopic (exact) mass is 361 g/mol. The van der Waals surface area contributed by atoms with E-state index in [-0.39, 0.29) is 24.3 Å². The van der Waals surface area contributed by atoms with Crippen LogP contribution in [0.5, 0.6) is 0 Å². The summed E-state index contributed by atoms with van der Waals surface area (Å²) < 4.78 is 4.51. The molecule has 25 heavy (non-hydrogen) atoms. The van der Waals surface area contributed by atoms with Crippen LogP contribution in [0.3, 0.4) is 0 Å². The molecule has 8 heteroatoms. The molecular weight excluding hydrogens is 342 g/mol. The van der Waals surface area contributed by atoms with Crippen molar-refractivity contribution in [2.75, 3.05) is 17.7 Å². The lowest BCUT2D eigenvalue weighted by Crippen LogP contribution is -2.29. The maximum atomic E-state index is 12.3. The smallest absolute Gasteiger partial charge is 0.411 e. The molecule has 2 rings (SSSR count). The van der Waals surface area contributed by atoms with Gasteiger partial charge in [0.1, 0.15) is 0 Å². The van der Waals surface area contributed by atoms with Crippen molar-refractivity contribution < 1.29 is 19.1 Å². The van der Waals surface area contributed by atoms with Crippen LogP contribution in [-0.2, 0) is 14.3 Å². The summed E-state index contributed by atoms with van der Waals surface area (Å²) in [5.74, 6) is -0.412. The maximum absolute atomic E-state index is 12.3. The number of methoxy groups -OCH3 is 1. The first-order chi connectivity index (χ1) is 12.0. The lowest BCUT2D eigenvalue weighted by atomic mass is 10.1. The Labute approximate surface area is 149 Å². The molecule has 0 aliphatic rings. The molecule has 2 aromatic rings. The van der Waals surface area contributed by atoms with E-state index in [1.54, 1.807) is 24.3 Å². The van der Waals surface area contributed by atoms with Crippen LogP contribution in [-0.4, -0.2) is 25.0 Å². The molecule has 0 aliphatic heterocycles. The fraction of sp³-hybridized carbons (Fsp3) is 0.235. The number of carbonyl (C=O) groups excluding carboxylic acids is 3. The molecule has 0 saturated carbocycles. The van der Waals surface area contributed by atoms with Gasteiger partial charge in [-0.1, -0.05) is 6.07 Å². The number of amides is 3. The third-order valence-electron chi connectivity index (χ3n) is 3.25. The average Bonchev–Trinajstić information content (AvgIpc) is 3.10. The third-order valence-corrected chi connectivity index (χ3v) is 4.24. The first-order valence-corrected chi connectivity index (χ1v) is 8.41. The summed E-state index contributed by atoms with van der Waals surface area (Å²) in [6.45, 7) is 1.42. The van der Waals surface area contributed by atoms with Gasteiger partial charge in [0.2, 0.25) is 11.8 Å². The van der Waals surface area contributed by atoms with E-state index in [1.807, 2.05) is 17.5 Å². The molecular formula is C17H19N3O4S. The van der Waals surface area contributed by atoms with Gasteiger partial charge >= 0.3 is 6.09 Å². The highest BCUT2D eigenvalue weighted by Crippen LogP contribution is 2.23. The molecule has 0 radical (unpaired) electrons. The average molecular weight is 361 g/mol. The van der Waals surface area contributed by atoms with Crippen molar-refractivity contribution in [2.24, 2.45) is 0 Å². The molecule has 7 nitrogen and oxygen atoms in total. The Balaban J connectivity index is 1.96. The van der Waals surface area contributed by atoms with E-state index in [0.29, 0.717) is 11.4 Å². The van der Waals surface area contributed by atoms with Crippen LogP contribution in [0.1, 0.15) is 24.3 Å². The zero-order valence-corrected chi connectivity index (χ0v) is 14.7. The van der Waals surface area contributed by atoms with E-state index in [2.05, 4.69) is 20.7 Å². The number of hydrogen-bond donors (Lipinski definition) is 3. The standard InChI is InChI=1S/C17H19N3O4S/c1-11(21)18-14(15-4-3-9-25-15)10-16(22)19-12-5-7-13(8-6-12)20-17(23)24-2/h3-9,14H,10H2,1-2H3,(H,18,21)(H,19,22)(H,20,23). The third kappa shape index (κ3) is 5.92. The molecule has 0 aliphatic carbocycles. The van der Waals surface area contributed by atoms with Gasteiger partial charge in [-0.05, 0) is 35.7 Å². The summed E-state index contributed by atoms with van der Waals surface area (Å²) in [6.07, 6.45) is -0.437. The summed E-state index contributed by atoms with van der Waals surface area (Å²) in [7, 11) is 1.28. The van der Waals surface area contributed by atoms with Crippen LogP contribution in [0.25, 0.3) is 0 Å². The Morgan fingerprint density at radius 1 is 1.08 bits per heavy atom. The second kappa shape index (κ2) is 8.84. The summed E-state index contributed by atoms with van der Waals surface area (Å²) in [5.41, 5.74) is 1.15. The molecule has 0 fully saturated rings. The van der Waals surface area contributed by atoms with Gasteiger partial charge in [0.25, 0.3) is 0 Å². The quantitative estimate of drug-likeness (QED) is 0.736. The topological polar surface area (TPSA) is 96.5 Å². The molecule has 1 heterocycles. The predicted molar refractivity (Wildman–Crippen MR) is 96.6 cm³/mol. The van der Waals surface area contributed by atoms with Gasteiger partial charge in [0.05, 0.1) is 19.6 Å². The normalized spacial score (nSPS) is 11.3. The molecule has 1 aromatic carbocycles. The van der Waals surface area contributed by atoms with E-state index in [0.717, 1.165) is 4.88 Å². The molecule has 0 saturated heterocycles. The minimum atomic E-state index is -0.564. The molecule has 1 atom stereocenters. The summed E-state index contributed by atoms with van der Waals surface area (Å²) in [4.78, 5) is 35.7. The Morgan fingerprint density at radius 2 is 1.72 bits per heavy atom. The fourth-order valence-corrected chi connectivity index (χ4v) is 2.94. The molecule has 0 bridgehead atoms. The van der Waals surface area contributed by atoms with Crippen molar-refractivity contribution in [1.29, 1.82) is 0 Å². The zero-order chi connectivity index (χ0) is 18.2. The van der Waals surface area contributed by atoms with Crippen molar-refractivity contribution in [2.45, 2.75) is 19.4 Å². The van der Waals surface area contributed by atoms with Gasteiger partial charge < -0.3 is 15.4 Å². The predicted octanol–water partition coefficient (Wildman–Crippen LogP) is 3.13. The summed E-state index contributed by atoms with van der Waals surface area (Å²) in [6, 6.07) is 10.0. The van der Waals surface area contributed by atoms with Crippen LogP contribution in [0.15, 0.2) is 41.8 Å². The van der Waals surface area contributed by atoms with Crippen LogP contribution in [0, 0.1) is 0 Å². The van der Waals surface area contributed by atoms with Gasteiger partial charge in [0.15, 0.2) is 0 Å². The van der Waals surface area contributed by atoms with Crippen molar-refractivity contribution in [1.82, 2.24) is 5.32 Å². The molecule has 3 N–H and O–H groups in total. The first kappa shape index (κ1) is 18.5. The molecule has 3 amide bonds. The largest absolute Gasteiger partial charge is 0.453 e. The number of nitrogens with one attached hydrogen (secondary N) is 3.